The van der Waals surface area contributed by atoms with E-state index < -0.39 is 0 Å². The van der Waals surface area contributed by atoms with Crippen molar-refractivity contribution in [1.29, 1.82) is 0 Å². The van der Waals surface area contributed by atoms with Crippen LogP contribution in [0.2, 0.25) is 0 Å². The maximum absolute atomic E-state index is 7.25. The van der Waals surface area contributed by atoms with Gasteiger partial charge in [-0.15, -0.1) is 22.7 Å². The highest BCUT2D eigenvalue weighted by Gasteiger charge is 2.46. The van der Waals surface area contributed by atoms with E-state index in [0.717, 1.165) is 28.6 Å². The molecule has 7 aromatic carbocycles. The molecule has 0 radical (unpaired) electrons. The number of rotatable bonds is 4. The molecular formula is C55H49BN2OS2. The zero-order chi connectivity index (χ0) is 42.1. The van der Waals surface area contributed by atoms with E-state index in [-0.39, 0.29) is 17.5 Å². The summed E-state index contributed by atoms with van der Waals surface area (Å²) in [6.45, 7) is 20.3. The monoisotopic (exact) mass is 828 g/mol. The lowest BCUT2D eigenvalue weighted by molar-refractivity contribution is 0.494. The topological polar surface area (TPSA) is 15.7 Å². The number of aryl methyl sites for hydroxylation is 3. The SMILES string of the molecule is Cc1ccc(N(c2ccc(C)cc2)c2cc3c(c4c2sc2ccccc24)B2c4sc5ccc(C(C)(C)C)cc5c4Oc4cc(C)cc(c42)N3c2ccc(C(C)(C)C)cc2)cc1. The highest BCUT2D eigenvalue weighted by Crippen LogP contribution is 2.52. The molecule has 11 rings (SSSR count). The molecule has 300 valence electrons. The van der Waals surface area contributed by atoms with Crippen molar-refractivity contribution in [3.05, 3.63) is 161 Å². The van der Waals surface area contributed by atoms with Crippen LogP contribution in [0, 0.1) is 20.8 Å². The van der Waals surface area contributed by atoms with Crippen molar-refractivity contribution in [2.24, 2.45) is 0 Å². The number of thiophene rings is 2. The van der Waals surface area contributed by atoms with Crippen LogP contribution in [0.3, 0.4) is 0 Å². The predicted octanol–water partition coefficient (Wildman–Crippen LogP) is 14.7. The normalized spacial score (nSPS) is 13.4. The highest BCUT2D eigenvalue weighted by molar-refractivity contribution is 7.34. The van der Waals surface area contributed by atoms with Gasteiger partial charge in [-0.25, -0.2) is 0 Å². The summed E-state index contributed by atoms with van der Waals surface area (Å²) in [5.74, 6) is 1.96. The number of anilines is 6. The second-order valence-electron chi connectivity index (χ2n) is 19.3. The van der Waals surface area contributed by atoms with Crippen LogP contribution in [0.25, 0.3) is 30.3 Å². The first-order chi connectivity index (χ1) is 29.2. The molecule has 2 aromatic heterocycles. The molecule has 6 heteroatoms. The fourth-order valence-corrected chi connectivity index (χ4v) is 12.0. The third kappa shape index (κ3) is 6.05. The summed E-state index contributed by atoms with van der Waals surface area (Å²) in [6.07, 6.45) is 0. The van der Waals surface area contributed by atoms with Crippen molar-refractivity contribution in [3.63, 3.8) is 0 Å². The van der Waals surface area contributed by atoms with Crippen LogP contribution < -0.4 is 30.2 Å². The zero-order valence-corrected chi connectivity index (χ0v) is 38.0. The Morgan fingerprint density at radius 3 is 1.82 bits per heavy atom. The lowest BCUT2D eigenvalue weighted by Gasteiger charge is -2.41. The predicted molar refractivity (Wildman–Crippen MR) is 267 cm³/mol. The summed E-state index contributed by atoms with van der Waals surface area (Å²) in [6, 6.07) is 50.6. The maximum Gasteiger partial charge on any atom is 0.269 e. The van der Waals surface area contributed by atoms with E-state index in [9.17, 15) is 0 Å². The summed E-state index contributed by atoms with van der Waals surface area (Å²) >= 11 is 3.81. The number of fused-ring (bicyclic) bond motifs is 10. The molecule has 4 heterocycles. The van der Waals surface area contributed by atoms with Gasteiger partial charge in [0.15, 0.2) is 0 Å². The van der Waals surface area contributed by atoms with Gasteiger partial charge in [0.25, 0.3) is 6.71 Å². The molecule has 0 N–H and O–H groups in total. The highest BCUT2D eigenvalue weighted by atomic mass is 32.1. The molecule has 2 aliphatic rings. The fraction of sp³-hybridized carbons (Fsp3) is 0.200. The zero-order valence-electron chi connectivity index (χ0n) is 36.4. The van der Waals surface area contributed by atoms with Crippen LogP contribution in [0.5, 0.6) is 11.5 Å². The van der Waals surface area contributed by atoms with Gasteiger partial charge in [-0.05, 0) is 143 Å². The van der Waals surface area contributed by atoms with Crippen LogP contribution in [0.4, 0.5) is 34.1 Å². The maximum atomic E-state index is 7.25. The molecule has 0 atom stereocenters. The molecule has 0 saturated carbocycles. The number of hydrogen-bond acceptors (Lipinski definition) is 5. The lowest BCUT2D eigenvalue weighted by Crippen LogP contribution is -2.59. The fourth-order valence-electron chi connectivity index (χ4n) is 9.55. The third-order valence-electron chi connectivity index (χ3n) is 12.8. The molecule has 0 aliphatic carbocycles. The van der Waals surface area contributed by atoms with Crippen molar-refractivity contribution in [3.8, 4) is 11.5 Å². The number of ether oxygens (including phenoxy) is 1. The number of nitrogens with zero attached hydrogens (tertiary/aromatic N) is 2. The second-order valence-corrected chi connectivity index (χ2v) is 21.4. The Labute approximate surface area is 368 Å². The van der Waals surface area contributed by atoms with Crippen molar-refractivity contribution < 1.29 is 4.74 Å². The number of hydrogen-bond donors (Lipinski definition) is 0. The second kappa shape index (κ2) is 13.6. The van der Waals surface area contributed by atoms with Crippen LogP contribution in [-0.2, 0) is 10.8 Å². The molecule has 61 heavy (non-hydrogen) atoms. The van der Waals surface area contributed by atoms with E-state index in [4.69, 9.17) is 4.74 Å². The van der Waals surface area contributed by atoms with Crippen LogP contribution in [-0.4, -0.2) is 6.71 Å². The Bertz CT molecular complexity index is 3170. The molecule has 3 nitrogen and oxygen atoms in total. The van der Waals surface area contributed by atoms with Crippen LogP contribution in [0.1, 0.15) is 69.4 Å². The average molecular weight is 829 g/mol. The van der Waals surface area contributed by atoms with E-state index >= 15 is 0 Å². The van der Waals surface area contributed by atoms with E-state index in [1.807, 2.05) is 22.7 Å². The van der Waals surface area contributed by atoms with Crippen molar-refractivity contribution in [1.82, 2.24) is 0 Å². The van der Waals surface area contributed by atoms with Crippen molar-refractivity contribution in [2.75, 3.05) is 9.80 Å². The summed E-state index contributed by atoms with van der Waals surface area (Å²) in [5, 5.41) is 3.81. The van der Waals surface area contributed by atoms with Crippen LogP contribution in [0.15, 0.2) is 133 Å². The minimum absolute atomic E-state index is 0.0126. The standard InChI is InChI=1S/C55H49BN2OS2/c1-32-14-21-37(22-15-32)57(38-23-16-33(2)17-24-38)44-31-43-50(48-40-12-10-11-13-46(40)60-52(44)48)56-49-42(58(43)39-25-18-35(19-26-39)54(4,5)6)28-34(3)29-45(49)59-51-41-30-36(55(7,8)9)20-27-47(41)61-53(51)56/h10-31H,1-9H3. The van der Waals surface area contributed by atoms with E-state index in [0.29, 0.717) is 0 Å². The number of benzene rings is 7. The average Bonchev–Trinajstić information content (AvgIpc) is 3.80. The van der Waals surface area contributed by atoms with Crippen LogP contribution >= 0.6 is 22.7 Å². The molecule has 0 spiro atoms. The largest absolute Gasteiger partial charge is 0.457 e. The molecule has 2 aliphatic heterocycles. The minimum Gasteiger partial charge on any atom is -0.457 e. The van der Waals surface area contributed by atoms with E-state index in [2.05, 4.69) is 206 Å². The van der Waals surface area contributed by atoms with Gasteiger partial charge in [0.1, 0.15) is 11.5 Å². The molecule has 0 saturated heterocycles. The van der Waals surface area contributed by atoms with E-state index in [1.165, 1.54) is 90.8 Å². The summed E-state index contributed by atoms with van der Waals surface area (Å²) in [7, 11) is 0. The quantitative estimate of drug-likeness (QED) is 0.164. The molecule has 0 bridgehead atoms. The van der Waals surface area contributed by atoms with Crippen molar-refractivity contribution >= 4 is 109 Å². The summed E-state index contributed by atoms with van der Waals surface area (Å²) in [5.41, 5.74) is 15.9. The first-order valence-corrected chi connectivity index (χ1v) is 23.1. The van der Waals surface area contributed by atoms with Gasteiger partial charge < -0.3 is 14.5 Å². The summed E-state index contributed by atoms with van der Waals surface area (Å²) in [4.78, 5) is 5.03. The van der Waals surface area contributed by atoms with Gasteiger partial charge in [-0.3, -0.25) is 0 Å². The van der Waals surface area contributed by atoms with Gasteiger partial charge in [0, 0.05) is 48.0 Å². The Morgan fingerprint density at radius 2 is 1.16 bits per heavy atom. The van der Waals surface area contributed by atoms with Gasteiger partial charge in [0.05, 0.1) is 10.4 Å². The van der Waals surface area contributed by atoms with Gasteiger partial charge in [-0.2, -0.15) is 0 Å². The molecule has 9 aromatic rings. The molecule has 0 fully saturated rings. The first-order valence-electron chi connectivity index (χ1n) is 21.4. The van der Waals surface area contributed by atoms with Gasteiger partial charge in [-0.1, -0.05) is 113 Å². The minimum atomic E-state index is -0.0355. The molecule has 0 amide bonds. The van der Waals surface area contributed by atoms with Crippen molar-refractivity contribution in [2.45, 2.75) is 73.1 Å². The van der Waals surface area contributed by atoms with Gasteiger partial charge in [0.2, 0.25) is 0 Å². The van der Waals surface area contributed by atoms with E-state index in [1.54, 1.807) is 0 Å². The summed E-state index contributed by atoms with van der Waals surface area (Å²) < 4.78 is 12.4. The van der Waals surface area contributed by atoms with Gasteiger partial charge >= 0.3 is 0 Å². The Kier molecular flexibility index (Phi) is 8.50. The lowest BCUT2D eigenvalue weighted by atomic mass is 9.36. The molecule has 0 unspecified atom stereocenters. The smallest absolute Gasteiger partial charge is 0.269 e. The third-order valence-corrected chi connectivity index (χ3v) is 15.2. The Morgan fingerprint density at radius 1 is 0.557 bits per heavy atom. The Hall–Kier alpha value is -5.82. The molecular weight excluding hydrogens is 780 g/mol. The Balaban J connectivity index is 1.29. The first kappa shape index (κ1) is 38.1.